The zero-order chi connectivity index (χ0) is 9.40. The molecule has 0 fully saturated rings. The highest BCUT2D eigenvalue weighted by atomic mass is 14.9. The average Bonchev–Trinajstić information content (AvgIpc) is 2.04. The molecule has 0 aromatic carbocycles. The minimum Gasteiger partial charge on any atom is -0.315 e. The maximum atomic E-state index is 8.51. The van der Waals surface area contributed by atoms with Crippen molar-refractivity contribution < 1.29 is 0 Å². The van der Waals surface area contributed by atoms with E-state index in [1.54, 1.807) is 0 Å². The van der Waals surface area contributed by atoms with Gasteiger partial charge in [0.15, 0.2) is 0 Å². The molecular weight excluding hydrogens is 148 g/mol. The summed E-state index contributed by atoms with van der Waals surface area (Å²) < 4.78 is 0. The van der Waals surface area contributed by atoms with Crippen molar-refractivity contribution in [2.75, 3.05) is 13.1 Å². The first-order chi connectivity index (χ1) is 5.70. The van der Waals surface area contributed by atoms with Crippen molar-refractivity contribution >= 4 is 0 Å². The Morgan fingerprint density at radius 2 is 2.00 bits per heavy atom. The molecule has 0 radical (unpaired) electrons. The summed E-state index contributed by atoms with van der Waals surface area (Å²) in [4.78, 5) is 0. The molecule has 0 spiro atoms. The van der Waals surface area contributed by atoms with E-state index < -0.39 is 0 Å². The van der Waals surface area contributed by atoms with Crippen molar-refractivity contribution in [3.63, 3.8) is 0 Å². The SMILES string of the molecule is CCCC(C)CNCC(C)C#N. The molecule has 0 bridgehead atoms. The first kappa shape index (κ1) is 11.4. The van der Waals surface area contributed by atoms with Gasteiger partial charge in [0.25, 0.3) is 0 Å². The maximum Gasteiger partial charge on any atom is 0.0666 e. The highest BCUT2D eigenvalue weighted by Crippen LogP contribution is 2.02. The lowest BCUT2D eigenvalue weighted by atomic mass is 10.1. The predicted molar refractivity (Wildman–Crippen MR) is 51.7 cm³/mol. The second-order valence-electron chi connectivity index (χ2n) is 3.58. The number of nitrogens with zero attached hydrogens (tertiary/aromatic N) is 1. The molecule has 70 valence electrons. The number of hydrogen-bond donors (Lipinski definition) is 1. The van der Waals surface area contributed by atoms with E-state index in [4.69, 9.17) is 5.26 Å². The van der Waals surface area contributed by atoms with Crippen LogP contribution in [0.2, 0.25) is 0 Å². The Labute approximate surface area is 76.0 Å². The molecule has 0 aliphatic carbocycles. The molecule has 0 aliphatic heterocycles. The Morgan fingerprint density at radius 1 is 1.33 bits per heavy atom. The average molecular weight is 168 g/mol. The second-order valence-corrected chi connectivity index (χ2v) is 3.58. The fourth-order valence-corrected chi connectivity index (χ4v) is 1.19. The quantitative estimate of drug-likeness (QED) is 0.659. The van der Waals surface area contributed by atoms with Crippen molar-refractivity contribution in [3.8, 4) is 6.07 Å². The van der Waals surface area contributed by atoms with Gasteiger partial charge >= 0.3 is 0 Å². The van der Waals surface area contributed by atoms with Crippen LogP contribution in [0.4, 0.5) is 0 Å². The van der Waals surface area contributed by atoms with Gasteiger partial charge in [0, 0.05) is 6.54 Å². The van der Waals surface area contributed by atoms with Crippen LogP contribution in [0, 0.1) is 23.2 Å². The Balaban J connectivity index is 3.25. The van der Waals surface area contributed by atoms with Gasteiger partial charge < -0.3 is 5.32 Å². The molecule has 0 rings (SSSR count). The molecule has 0 aromatic heterocycles. The Hall–Kier alpha value is -0.550. The summed E-state index contributed by atoms with van der Waals surface area (Å²) in [6.45, 7) is 8.25. The van der Waals surface area contributed by atoms with Crippen molar-refractivity contribution in [2.45, 2.75) is 33.6 Å². The largest absolute Gasteiger partial charge is 0.315 e. The zero-order valence-corrected chi connectivity index (χ0v) is 8.43. The van der Waals surface area contributed by atoms with Crippen LogP contribution < -0.4 is 5.32 Å². The molecule has 1 N–H and O–H groups in total. The van der Waals surface area contributed by atoms with Crippen molar-refractivity contribution in [2.24, 2.45) is 11.8 Å². The summed E-state index contributed by atoms with van der Waals surface area (Å²) >= 11 is 0. The van der Waals surface area contributed by atoms with Gasteiger partial charge in [-0.2, -0.15) is 5.26 Å². The van der Waals surface area contributed by atoms with Crippen LogP contribution >= 0.6 is 0 Å². The smallest absolute Gasteiger partial charge is 0.0666 e. The molecule has 0 aliphatic rings. The fraction of sp³-hybridized carbons (Fsp3) is 0.900. The third kappa shape index (κ3) is 6.18. The molecule has 12 heavy (non-hydrogen) atoms. The Kier molecular flexibility index (Phi) is 6.79. The van der Waals surface area contributed by atoms with Crippen LogP contribution in [-0.2, 0) is 0 Å². The Morgan fingerprint density at radius 3 is 2.50 bits per heavy atom. The van der Waals surface area contributed by atoms with Gasteiger partial charge in [-0.15, -0.1) is 0 Å². The van der Waals surface area contributed by atoms with Crippen LogP contribution in [0.5, 0.6) is 0 Å². The third-order valence-electron chi connectivity index (χ3n) is 1.95. The molecule has 0 aromatic rings. The van der Waals surface area contributed by atoms with Gasteiger partial charge in [0.1, 0.15) is 0 Å². The molecule has 2 atom stereocenters. The number of hydrogen-bond acceptors (Lipinski definition) is 2. The normalized spacial score (nSPS) is 15.2. The standard InChI is InChI=1S/C10H20N2/c1-4-5-9(2)7-12-8-10(3)6-11/h9-10,12H,4-5,7-8H2,1-3H3. The van der Waals surface area contributed by atoms with Gasteiger partial charge in [-0.3, -0.25) is 0 Å². The molecule has 2 heteroatoms. The second kappa shape index (κ2) is 7.12. The zero-order valence-electron chi connectivity index (χ0n) is 8.43. The summed E-state index contributed by atoms with van der Waals surface area (Å²) in [5.41, 5.74) is 0. The first-order valence-corrected chi connectivity index (χ1v) is 4.81. The lowest BCUT2D eigenvalue weighted by molar-refractivity contribution is 0.462. The van der Waals surface area contributed by atoms with Crippen LogP contribution in [0.15, 0.2) is 0 Å². The highest BCUT2D eigenvalue weighted by molar-refractivity contribution is 4.80. The molecule has 0 heterocycles. The van der Waals surface area contributed by atoms with Crippen molar-refractivity contribution in [1.82, 2.24) is 5.32 Å². The lowest BCUT2D eigenvalue weighted by Gasteiger charge is -2.11. The van der Waals surface area contributed by atoms with Crippen LogP contribution in [0.3, 0.4) is 0 Å². The summed E-state index contributed by atoms with van der Waals surface area (Å²) in [6, 6.07) is 2.21. The van der Waals surface area contributed by atoms with E-state index in [9.17, 15) is 0 Å². The number of nitrogens with one attached hydrogen (secondary N) is 1. The number of nitriles is 1. The van der Waals surface area contributed by atoms with Crippen molar-refractivity contribution in [3.05, 3.63) is 0 Å². The lowest BCUT2D eigenvalue weighted by Crippen LogP contribution is -2.25. The van der Waals surface area contributed by atoms with Gasteiger partial charge in [-0.25, -0.2) is 0 Å². The summed E-state index contributed by atoms with van der Waals surface area (Å²) in [5, 5.41) is 11.8. The minimum atomic E-state index is 0.138. The predicted octanol–water partition coefficient (Wildman–Crippen LogP) is 2.17. The van der Waals surface area contributed by atoms with Crippen LogP contribution in [0.1, 0.15) is 33.6 Å². The molecule has 0 saturated heterocycles. The van der Waals surface area contributed by atoms with E-state index >= 15 is 0 Å². The fourth-order valence-electron chi connectivity index (χ4n) is 1.19. The minimum absolute atomic E-state index is 0.138. The van der Waals surface area contributed by atoms with E-state index in [0.717, 1.165) is 19.0 Å². The summed E-state index contributed by atoms with van der Waals surface area (Å²) in [7, 11) is 0. The van der Waals surface area contributed by atoms with E-state index in [1.165, 1.54) is 12.8 Å². The first-order valence-electron chi connectivity index (χ1n) is 4.81. The van der Waals surface area contributed by atoms with Crippen LogP contribution in [0.25, 0.3) is 0 Å². The van der Waals surface area contributed by atoms with E-state index in [1.807, 2.05) is 6.92 Å². The van der Waals surface area contributed by atoms with E-state index in [0.29, 0.717) is 0 Å². The summed E-state index contributed by atoms with van der Waals surface area (Å²) in [5.74, 6) is 0.875. The van der Waals surface area contributed by atoms with Crippen molar-refractivity contribution in [1.29, 1.82) is 5.26 Å². The van der Waals surface area contributed by atoms with Gasteiger partial charge in [-0.1, -0.05) is 20.3 Å². The van der Waals surface area contributed by atoms with Gasteiger partial charge in [0.05, 0.1) is 12.0 Å². The molecule has 2 nitrogen and oxygen atoms in total. The van der Waals surface area contributed by atoms with Crippen LogP contribution in [-0.4, -0.2) is 13.1 Å². The topological polar surface area (TPSA) is 35.8 Å². The highest BCUT2D eigenvalue weighted by Gasteiger charge is 2.01. The van der Waals surface area contributed by atoms with Gasteiger partial charge in [-0.05, 0) is 25.8 Å². The van der Waals surface area contributed by atoms with E-state index in [-0.39, 0.29) is 5.92 Å². The molecular formula is C10H20N2. The van der Waals surface area contributed by atoms with E-state index in [2.05, 4.69) is 25.2 Å². The molecule has 0 amide bonds. The van der Waals surface area contributed by atoms with Gasteiger partial charge in [0.2, 0.25) is 0 Å². The number of rotatable bonds is 6. The Bertz CT molecular complexity index is 137. The summed E-state index contributed by atoms with van der Waals surface area (Å²) in [6.07, 6.45) is 2.52. The monoisotopic (exact) mass is 168 g/mol. The molecule has 2 unspecified atom stereocenters. The molecule has 0 saturated carbocycles. The maximum absolute atomic E-state index is 8.51. The third-order valence-corrected chi connectivity index (χ3v) is 1.95.